The average Bonchev–Trinajstić information content (AvgIpc) is 3.06. The number of rotatable bonds is 1. The van der Waals surface area contributed by atoms with Gasteiger partial charge in [-0.2, -0.15) is 0 Å². The zero-order valence-corrected chi connectivity index (χ0v) is 15.3. The van der Waals surface area contributed by atoms with Gasteiger partial charge in [0.2, 0.25) is 5.79 Å². The van der Waals surface area contributed by atoms with Gasteiger partial charge >= 0.3 is 5.97 Å². The lowest BCUT2D eigenvalue weighted by atomic mass is 9.82. The SMILES string of the molecule is C=C(C)[C@@H]1CC2OC1(O)C(=O)[C@@H](C)CC(=O)/C=C(/C)C[C@H]1C=C2C(=O)O1. The van der Waals surface area contributed by atoms with Gasteiger partial charge in [-0.1, -0.05) is 24.6 Å². The summed E-state index contributed by atoms with van der Waals surface area (Å²) >= 11 is 0. The quantitative estimate of drug-likeness (QED) is 0.568. The van der Waals surface area contributed by atoms with Crippen LogP contribution in [0.2, 0.25) is 0 Å². The second kappa shape index (κ2) is 6.59. The van der Waals surface area contributed by atoms with Gasteiger partial charge in [0.15, 0.2) is 11.6 Å². The predicted octanol–water partition coefficient (Wildman–Crippen LogP) is 2.02. The van der Waals surface area contributed by atoms with Gasteiger partial charge in [-0.15, -0.1) is 0 Å². The molecule has 0 aliphatic carbocycles. The molecule has 4 bridgehead atoms. The summed E-state index contributed by atoms with van der Waals surface area (Å²) in [6, 6.07) is 0. The van der Waals surface area contributed by atoms with Gasteiger partial charge < -0.3 is 14.6 Å². The average molecular weight is 360 g/mol. The van der Waals surface area contributed by atoms with Crippen LogP contribution in [0, 0.1) is 11.8 Å². The number of Topliss-reactive ketones (excluding diaryl/α,β-unsaturated/α-hetero) is 1. The van der Waals surface area contributed by atoms with E-state index >= 15 is 0 Å². The van der Waals surface area contributed by atoms with Crippen molar-refractivity contribution in [3.8, 4) is 0 Å². The fraction of sp³-hybridized carbons (Fsp3) is 0.550. The van der Waals surface area contributed by atoms with E-state index in [4.69, 9.17) is 9.47 Å². The molecule has 3 aliphatic rings. The molecule has 0 aromatic rings. The van der Waals surface area contributed by atoms with Crippen molar-refractivity contribution in [1.82, 2.24) is 0 Å². The van der Waals surface area contributed by atoms with Crippen LogP contribution < -0.4 is 0 Å². The smallest absolute Gasteiger partial charge is 0.337 e. The Kier molecular flexibility index (Phi) is 4.75. The van der Waals surface area contributed by atoms with E-state index in [9.17, 15) is 19.5 Å². The lowest BCUT2D eigenvalue weighted by Gasteiger charge is -2.30. The van der Waals surface area contributed by atoms with Gasteiger partial charge in [-0.3, -0.25) is 9.59 Å². The zero-order chi connectivity index (χ0) is 19.2. The van der Waals surface area contributed by atoms with Crippen molar-refractivity contribution in [1.29, 1.82) is 0 Å². The van der Waals surface area contributed by atoms with Gasteiger partial charge in [0, 0.05) is 24.7 Å². The zero-order valence-electron chi connectivity index (χ0n) is 15.3. The number of hydrogen-bond acceptors (Lipinski definition) is 6. The largest absolute Gasteiger partial charge is 0.454 e. The summed E-state index contributed by atoms with van der Waals surface area (Å²) in [5, 5.41) is 11.1. The van der Waals surface area contributed by atoms with Crippen molar-refractivity contribution in [2.75, 3.05) is 0 Å². The molecule has 1 saturated heterocycles. The highest BCUT2D eigenvalue weighted by atomic mass is 16.6. The molecule has 140 valence electrons. The van der Waals surface area contributed by atoms with E-state index in [0.717, 1.165) is 5.57 Å². The molecule has 5 atom stereocenters. The number of ketones is 2. The number of allylic oxidation sites excluding steroid dienone is 1. The van der Waals surface area contributed by atoms with Crippen LogP contribution in [0.15, 0.2) is 35.5 Å². The van der Waals surface area contributed by atoms with Crippen LogP contribution in [0.1, 0.15) is 40.0 Å². The molecule has 0 saturated carbocycles. The Morgan fingerprint density at radius 3 is 2.65 bits per heavy atom. The van der Waals surface area contributed by atoms with Gasteiger partial charge in [-0.25, -0.2) is 4.79 Å². The summed E-state index contributed by atoms with van der Waals surface area (Å²) in [5.41, 5.74) is 1.68. The minimum Gasteiger partial charge on any atom is -0.454 e. The van der Waals surface area contributed by atoms with E-state index in [0.29, 0.717) is 17.6 Å². The summed E-state index contributed by atoms with van der Waals surface area (Å²) in [5.74, 6) is -4.73. The molecule has 0 radical (unpaired) electrons. The Bertz CT molecular complexity index is 745. The Morgan fingerprint density at radius 2 is 2.00 bits per heavy atom. The van der Waals surface area contributed by atoms with E-state index in [-0.39, 0.29) is 18.6 Å². The number of carbonyl (C=O) groups excluding carboxylic acids is 3. The summed E-state index contributed by atoms with van der Waals surface area (Å²) in [7, 11) is 0. The fourth-order valence-corrected chi connectivity index (χ4v) is 3.98. The molecule has 6 heteroatoms. The van der Waals surface area contributed by atoms with Crippen LogP contribution in [-0.2, 0) is 23.9 Å². The van der Waals surface area contributed by atoms with Crippen LogP contribution in [0.4, 0.5) is 0 Å². The highest BCUT2D eigenvalue weighted by molar-refractivity contribution is 5.97. The van der Waals surface area contributed by atoms with Crippen molar-refractivity contribution in [3.63, 3.8) is 0 Å². The molecule has 0 spiro atoms. The third-order valence-electron chi connectivity index (χ3n) is 5.28. The number of carbonyl (C=O) groups is 3. The van der Waals surface area contributed by atoms with E-state index < -0.39 is 41.6 Å². The molecular formula is C20H24O6. The van der Waals surface area contributed by atoms with Crippen LogP contribution in [-0.4, -0.2) is 40.6 Å². The normalized spacial score (nSPS) is 39.9. The lowest BCUT2D eigenvalue weighted by Crippen LogP contribution is -2.47. The van der Waals surface area contributed by atoms with Crippen molar-refractivity contribution >= 4 is 17.5 Å². The third kappa shape index (κ3) is 3.19. The highest BCUT2D eigenvalue weighted by Crippen LogP contribution is 2.44. The molecule has 0 amide bonds. The van der Waals surface area contributed by atoms with E-state index in [1.807, 2.05) is 0 Å². The number of aliphatic hydroxyl groups is 1. The van der Waals surface area contributed by atoms with Crippen LogP contribution in [0.5, 0.6) is 0 Å². The van der Waals surface area contributed by atoms with Gasteiger partial charge in [0.1, 0.15) is 6.10 Å². The first-order valence-corrected chi connectivity index (χ1v) is 8.84. The van der Waals surface area contributed by atoms with Crippen LogP contribution in [0.25, 0.3) is 0 Å². The van der Waals surface area contributed by atoms with Gasteiger partial charge in [-0.05, 0) is 32.4 Å². The first kappa shape index (κ1) is 18.7. The summed E-state index contributed by atoms with van der Waals surface area (Å²) in [6.45, 7) is 8.97. The second-order valence-electron chi connectivity index (χ2n) is 7.63. The molecule has 3 rings (SSSR count). The topological polar surface area (TPSA) is 89.9 Å². The Hall–Kier alpha value is -2.05. The van der Waals surface area contributed by atoms with E-state index in [1.165, 1.54) is 6.08 Å². The Labute approximate surface area is 152 Å². The van der Waals surface area contributed by atoms with Crippen LogP contribution >= 0.6 is 0 Å². The van der Waals surface area contributed by atoms with Crippen molar-refractivity contribution in [2.45, 2.75) is 58.0 Å². The van der Waals surface area contributed by atoms with Crippen LogP contribution in [0.3, 0.4) is 0 Å². The number of fused-ring (bicyclic) bond motifs is 4. The molecule has 3 aliphatic heterocycles. The molecule has 1 fully saturated rings. The molecule has 1 N–H and O–H groups in total. The van der Waals surface area contributed by atoms with Crippen molar-refractivity contribution < 1.29 is 29.0 Å². The van der Waals surface area contributed by atoms with Gasteiger partial charge in [0.25, 0.3) is 0 Å². The van der Waals surface area contributed by atoms with Gasteiger partial charge in [0.05, 0.1) is 11.7 Å². The summed E-state index contributed by atoms with van der Waals surface area (Å²) < 4.78 is 11.1. The van der Waals surface area contributed by atoms with Crippen molar-refractivity contribution in [3.05, 3.63) is 35.5 Å². The summed E-state index contributed by atoms with van der Waals surface area (Å²) in [6.07, 6.45) is 2.58. The molecular weight excluding hydrogens is 336 g/mol. The minimum absolute atomic E-state index is 0.0137. The van der Waals surface area contributed by atoms with Crippen molar-refractivity contribution in [2.24, 2.45) is 11.8 Å². The van der Waals surface area contributed by atoms with E-state index in [1.54, 1.807) is 26.8 Å². The summed E-state index contributed by atoms with van der Waals surface area (Å²) in [4.78, 5) is 37.5. The molecule has 3 heterocycles. The molecule has 26 heavy (non-hydrogen) atoms. The molecule has 0 aromatic carbocycles. The fourth-order valence-electron chi connectivity index (χ4n) is 3.98. The maximum atomic E-state index is 12.9. The second-order valence-corrected chi connectivity index (χ2v) is 7.63. The third-order valence-corrected chi connectivity index (χ3v) is 5.28. The predicted molar refractivity (Wildman–Crippen MR) is 92.9 cm³/mol. The maximum absolute atomic E-state index is 12.9. The highest BCUT2D eigenvalue weighted by Gasteiger charge is 2.56. The molecule has 0 aromatic heterocycles. The standard InChI is InChI=1S/C20H24O6/c1-10(2)16-9-17-15-8-14(25-19(15)23)6-11(3)5-13(21)7-12(4)18(22)20(16,24)26-17/h5,8,12,14,16-17,24H,1,6-7,9H2,2-4H3/b11-5-/t12-,14-,16-,17?,20?/m0/s1. The lowest BCUT2D eigenvalue weighted by molar-refractivity contribution is -0.207. The first-order chi connectivity index (χ1) is 12.1. The minimum atomic E-state index is -2.10. The first-order valence-electron chi connectivity index (χ1n) is 8.84. The Balaban J connectivity index is 2.05. The number of hydrogen-bond donors (Lipinski definition) is 1. The molecule has 2 unspecified atom stereocenters. The molecule has 6 nitrogen and oxygen atoms in total. The maximum Gasteiger partial charge on any atom is 0.337 e. The number of esters is 1. The number of ether oxygens (including phenoxy) is 2. The monoisotopic (exact) mass is 360 g/mol. The Morgan fingerprint density at radius 1 is 1.31 bits per heavy atom. The van der Waals surface area contributed by atoms with E-state index in [2.05, 4.69) is 6.58 Å².